The molecule has 1 saturated heterocycles. The minimum atomic E-state index is -0.00642. The summed E-state index contributed by atoms with van der Waals surface area (Å²) in [4.78, 5) is 14.3. The second-order valence-corrected chi connectivity index (χ2v) is 5.81. The van der Waals surface area contributed by atoms with Crippen molar-refractivity contribution in [2.45, 2.75) is 25.9 Å². The van der Waals surface area contributed by atoms with Gasteiger partial charge in [0.2, 0.25) is 5.88 Å². The first-order valence-corrected chi connectivity index (χ1v) is 7.92. The largest absolute Gasteiger partial charge is 0.473 e. The summed E-state index contributed by atoms with van der Waals surface area (Å²) in [5.41, 5.74) is 2.01. The summed E-state index contributed by atoms with van der Waals surface area (Å²) in [5, 5.41) is 16.8. The zero-order valence-electron chi connectivity index (χ0n) is 13.5. The maximum absolute atomic E-state index is 12.5. The van der Waals surface area contributed by atoms with E-state index in [-0.39, 0.29) is 12.0 Å². The highest BCUT2D eigenvalue weighted by Crippen LogP contribution is 2.18. The Labute approximate surface area is 140 Å². The van der Waals surface area contributed by atoms with E-state index in [2.05, 4.69) is 16.3 Å². The van der Waals surface area contributed by atoms with Gasteiger partial charge in [0.15, 0.2) is 0 Å². The van der Waals surface area contributed by atoms with E-state index >= 15 is 0 Å². The van der Waals surface area contributed by atoms with Crippen LogP contribution in [0.3, 0.4) is 0 Å². The van der Waals surface area contributed by atoms with Crippen molar-refractivity contribution in [2.24, 2.45) is 0 Å². The van der Waals surface area contributed by atoms with Crippen molar-refractivity contribution >= 4 is 5.91 Å². The van der Waals surface area contributed by atoms with Crippen LogP contribution >= 0.6 is 0 Å². The van der Waals surface area contributed by atoms with Gasteiger partial charge in [0.25, 0.3) is 5.91 Å². The monoisotopic (exact) mass is 322 g/mol. The van der Waals surface area contributed by atoms with Gasteiger partial charge in [0.05, 0.1) is 17.3 Å². The predicted molar refractivity (Wildman–Crippen MR) is 87.5 cm³/mol. The van der Waals surface area contributed by atoms with Gasteiger partial charge in [-0.1, -0.05) is 0 Å². The van der Waals surface area contributed by atoms with E-state index in [9.17, 15) is 4.79 Å². The van der Waals surface area contributed by atoms with Gasteiger partial charge in [-0.15, -0.1) is 5.10 Å². The first kappa shape index (κ1) is 15.9. The van der Waals surface area contributed by atoms with Gasteiger partial charge in [-0.2, -0.15) is 10.4 Å². The fraction of sp³-hybridized carbons (Fsp3) is 0.333. The SMILES string of the molecule is Cc1ccc(OC2CCN(C(=O)c3ccc(C#N)cc3)CC2)nn1. The molecule has 0 atom stereocenters. The molecular weight excluding hydrogens is 304 g/mol. The van der Waals surface area contributed by atoms with Crippen molar-refractivity contribution in [3.8, 4) is 11.9 Å². The molecule has 1 aromatic heterocycles. The molecule has 1 fully saturated rings. The Morgan fingerprint density at radius 3 is 2.46 bits per heavy atom. The van der Waals surface area contributed by atoms with Crippen LogP contribution in [0.25, 0.3) is 0 Å². The van der Waals surface area contributed by atoms with Gasteiger partial charge >= 0.3 is 0 Å². The molecule has 0 radical (unpaired) electrons. The third-order valence-electron chi connectivity index (χ3n) is 4.05. The minimum Gasteiger partial charge on any atom is -0.473 e. The molecule has 0 unspecified atom stereocenters. The molecule has 6 nitrogen and oxygen atoms in total. The average Bonchev–Trinajstić information content (AvgIpc) is 2.64. The van der Waals surface area contributed by atoms with Crippen molar-refractivity contribution in [1.29, 1.82) is 5.26 Å². The van der Waals surface area contributed by atoms with E-state index in [0.29, 0.717) is 30.1 Å². The Balaban J connectivity index is 1.55. The molecule has 24 heavy (non-hydrogen) atoms. The van der Waals surface area contributed by atoms with Crippen LogP contribution in [-0.4, -0.2) is 40.2 Å². The molecule has 122 valence electrons. The van der Waals surface area contributed by atoms with Crippen LogP contribution in [0.15, 0.2) is 36.4 Å². The summed E-state index contributed by atoms with van der Waals surface area (Å²) >= 11 is 0. The number of piperidine rings is 1. The molecule has 1 aromatic carbocycles. The van der Waals surface area contributed by atoms with Crippen LogP contribution in [0.4, 0.5) is 0 Å². The molecule has 2 aromatic rings. The lowest BCUT2D eigenvalue weighted by Gasteiger charge is -2.31. The Kier molecular flexibility index (Phi) is 4.71. The third kappa shape index (κ3) is 3.69. The van der Waals surface area contributed by atoms with Gasteiger partial charge in [0, 0.05) is 37.6 Å². The Morgan fingerprint density at radius 2 is 1.88 bits per heavy atom. The van der Waals surface area contributed by atoms with Gasteiger partial charge in [-0.25, -0.2) is 0 Å². The highest BCUT2D eigenvalue weighted by Gasteiger charge is 2.25. The van der Waals surface area contributed by atoms with E-state index in [4.69, 9.17) is 10.00 Å². The highest BCUT2D eigenvalue weighted by molar-refractivity contribution is 5.94. The number of nitriles is 1. The summed E-state index contributed by atoms with van der Waals surface area (Å²) in [6.07, 6.45) is 1.57. The topological polar surface area (TPSA) is 79.1 Å². The summed E-state index contributed by atoms with van der Waals surface area (Å²) < 4.78 is 5.83. The number of carbonyl (C=O) groups is 1. The second kappa shape index (κ2) is 7.09. The van der Waals surface area contributed by atoms with Crippen LogP contribution in [0, 0.1) is 18.3 Å². The fourth-order valence-corrected chi connectivity index (χ4v) is 2.67. The number of hydrogen-bond donors (Lipinski definition) is 0. The van der Waals surface area contributed by atoms with Crippen LogP contribution in [0.2, 0.25) is 0 Å². The molecule has 0 spiro atoms. The number of amides is 1. The van der Waals surface area contributed by atoms with E-state index in [1.54, 1.807) is 24.3 Å². The Morgan fingerprint density at radius 1 is 1.17 bits per heavy atom. The molecule has 3 rings (SSSR count). The molecule has 0 bridgehead atoms. The van der Waals surface area contributed by atoms with Gasteiger partial charge in [-0.05, 0) is 37.3 Å². The first-order valence-electron chi connectivity index (χ1n) is 7.92. The van der Waals surface area contributed by atoms with E-state index in [1.165, 1.54) is 0 Å². The zero-order valence-corrected chi connectivity index (χ0v) is 13.5. The third-order valence-corrected chi connectivity index (χ3v) is 4.05. The molecule has 0 aliphatic carbocycles. The van der Waals surface area contributed by atoms with Crippen molar-refractivity contribution < 1.29 is 9.53 Å². The molecule has 1 aliphatic rings. The highest BCUT2D eigenvalue weighted by atomic mass is 16.5. The molecular formula is C18H18N4O2. The molecule has 0 N–H and O–H groups in total. The van der Waals surface area contributed by atoms with E-state index in [0.717, 1.165) is 18.5 Å². The van der Waals surface area contributed by atoms with E-state index < -0.39 is 0 Å². The molecule has 1 amide bonds. The van der Waals surface area contributed by atoms with Crippen molar-refractivity contribution in [3.05, 3.63) is 53.2 Å². The maximum atomic E-state index is 12.5. The Bertz CT molecular complexity index is 742. The molecule has 0 saturated carbocycles. The van der Waals surface area contributed by atoms with Crippen molar-refractivity contribution in [3.63, 3.8) is 0 Å². The van der Waals surface area contributed by atoms with Crippen molar-refractivity contribution in [2.75, 3.05) is 13.1 Å². The lowest BCUT2D eigenvalue weighted by Crippen LogP contribution is -2.41. The number of likely N-dealkylation sites (tertiary alicyclic amines) is 1. The number of benzene rings is 1. The molecule has 1 aliphatic heterocycles. The number of carbonyl (C=O) groups excluding carboxylic acids is 1. The zero-order chi connectivity index (χ0) is 16.9. The maximum Gasteiger partial charge on any atom is 0.253 e. The number of nitrogens with zero attached hydrogens (tertiary/aromatic N) is 4. The predicted octanol–water partition coefficient (Wildman–Crippen LogP) is 2.34. The van der Waals surface area contributed by atoms with Crippen LogP contribution in [0.5, 0.6) is 5.88 Å². The van der Waals surface area contributed by atoms with Gasteiger partial charge < -0.3 is 9.64 Å². The van der Waals surface area contributed by atoms with Gasteiger partial charge in [-0.3, -0.25) is 4.79 Å². The number of aromatic nitrogens is 2. The lowest BCUT2D eigenvalue weighted by atomic mass is 10.1. The number of rotatable bonds is 3. The average molecular weight is 322 g/mol. The van der Waals surface area contributed by atoms with E-state index in [1.807, 2.05) is 24.0 Å². The lowest BCUT2D eigenvalue weighted by molar-refractivity contribution is 0.0586. The first-order chi connectivity index (χ1) is 11.7. The molecule has 6 heteroatoms. The normalized spacial score (nSPS) is 14.9. The Hall–Kier alpha value is -2.94. The summed E-state index contributed by atoms with van der Waals surface area (Å²) in [5.74, 6) is 0.519. The second-order valence-electron chi connectivity index (χ2n) is 5.81. The fourth-order valence-electron chi connectivity index (χ4n) is 2.67. The van der Waals surface area contributed by atoms with Crippen LogP contribution in [0.1, 0.15) is 34.5 Å². The quantitative estimate of drug-likeness (QED) is 0.866. The van der Waals surface area contributed by atoms with Crippen molar-refractivity contribution in [1.82, 2.24) is 15.1 Å². The minimum absolute atomic E-state index is 0.00642. The number of hydrogen-bond acceptors (Lipinski definition) is 5. The summed E-state index contributed by atoms with van der Waals surface area (Å²) in [7, 11) is 0. The molecule has 2 heterocycles. The number of aryl methyl sites for hydroxylation is 1. The van der Waals surface area contributed by atoms with Crippen LogP contribution < -0.4 is 4.74 Å². The summed E-state index contributed by atoms with van der Waals surface area (Å²) in [6, 6.07) is 12.5. The van der Waals surface area contributed by atoms with Gasteiger partial charge in [0.1, 0.15) is 6.10 Å². The number of ether oxygens (including phenoxy) is 1. The van der Waals surface area contributed by atoms with Crippen LogP contribution in [-0.2, 0) is 0 Å². The summed E-state index contributed by atoms with van der Waals surface area (Å²) in [6.45, 7) is 3.16. The smallest absolute Gasteiger partial charge is 0.253 e. The standard InChI is InChI=1S/C18H18N4O2/c1-13-2-7-17(21-20-13)24-16-8-10-22(11-9-16)18(23)15-5-3-14(12-19)4-6-15/h2-7,16H,8-11H2,1H3.